The molecule has 3 heteroatoms. The van der Waals surface area contributed by atoms with Gasteiger partial charge in [0.1, 0.15) is 5.75 Å². The second-order valence-corrected chi connectivity index (χ2v) is 11.5. The van der Waals surface area contributed by atoms with Gasteiger partial charge >= 0.3 is 0 Å². The number of rotatable bonds is 8. The molecule has 0 heterocycles. The predicted octanol–water partition coefficient (Wildman–Crippen LogP) is 4.29. The topological polar surface area (TPSA) is 29.5 Å². The Morgan fingerprint density at radius 3 is 2.71 bits per heavy atom. The van der Waals surface area contributed by atoms with Crippen LogP contribution >= 0.6 is 0 Å². The standard InChI is InChI=1S/C21H36O2Si/c1-5-6-7-13-21(2,3)24-18-11-12-19(20(15-18)23-4)16-9-8-10-17(22)14-16/h11-12,15-17,22H,5-10,13-14,24H2,1-4H3. The fourth-order valence-electron chi connectivity index (χ4n) is 4.14. The lowest BCUT2D eigenvalue weighted by Crippen LogP contribution is -2.26. The summed E-state index contributed by atoms with van der Waals surface area (Å²) in [6.45, 7) is 7.15. The summed E-state index contributed by atoms with van der Waals surface area (Å²) in [5, 5.41) is 12.0. The van der Waals surface area contributed by atoms with Crippen molar-refractivity contribution in [1.82, 2.24) is 0 Å². The van der Waals surface area contributed by atoms with Crippen LogP contribution in [0.4, 0.5) is 0 Å². The van der Waals surface area contributed by atoms with Crippen LogP contribution in [0.2, 0.25) is 5.04 Å². The van der Waals surface area contributed by atoms with Gasteiger partial charge in [0.25, 0.3) is 0 Å². The molecule has 136 valence electrons. The van der Waals surface area contributed by atoms with Crippen LogP contribution in [-0.4, -0.2) is 27.8 Å². The average molecular weight is 349 g/mol. The Hall–Kier alpha value is -0.803. The van der Waals surface area contributed by atoms with Gasteiger partial charge < -0.3 is 9.84 Å². The Labute approximate surface area is 150 Å². The van der Waals surface area contributed by atoms with Crippen molar-refractivity contribution in [3.05, 3.63) is 23.8 Å². The first-order chi connectivity index (χ1) is 11.4. The number of aliphatic hydroxyl groups excluding tert-OH is 1. The fourth-order valence-corrected chi connectivity index (χ4v) is 6.20. The van der Waals surface area contributed by atoms with Gasteiger partial charge in [0.05, 0.1) is 22.7 Å². The van der Waals surface area contributed by atoms with E-state index in [1.54, 1.807) is 7.11 Å². The zero-order valence-electron chi connectivity index (χ0n) is 16.1. The smallest absolute Gasteiger partial charge is 0.122 e. The monoisotopic (exact) mass is 348 g/mol. The summed E-state index contributed by atoms with van der Waals surface area (Å²) in [6.07, 6.45) is 9.34. The summed E-state index contributed by atoms with van der Waals surface area (Å²) in [5.74, 6) is 1.50. The molecule has 0 aromatic heterocycles. The zero-order chi connectivity index (χ0) is 17.6. The van der Waals surface area contributed by atoms with Crippen LogP contribution in [0.3, 0.4) is 0 Å². The first-order valence-electron chi connectivity index (χ1n) is 9.80. The molecule has 0 radical (unpaired) electrons. The lowest BCUT2D eigenvalue weighted by atomic mass is 9.82. The van der Waals surface area contributed by atoms with Crippen LogP contribution in [0.25, 0.3) is 0 Å². The highest BCUT2D eigenvalue weighted by atomic mass is 28.2. The van der Waals surface area contributed by atoms with Crippen LogP contribution in [0.1, 0.15) is 83.6 Å². The third kappa shape index (κ3) is 5.63. The second kappa shape index (κ2) is 9.05. The predicted molar refractivity (Wildman–Crippen MR) is 107 cm³/mol. The summed E-state index contributed by atoms with van der Waals surface area (Å²) in [5.41, 5.74) is 1.30. The van der Waals surface area contributed by atoms with Gasteiger partial charge in [0.2, 0.25) is 0 Å². The Balaban J connectivity index is 2.07. The number of methoxy groups -OCH3 is 1. The molecule has 1 fully saturated rings. The van der Waals surface area contributed by atoms with E-state index in [1.165, 1.54) is 42.9 Å². The van der Waals surface area contributed by atoms with Gasteiger partial charge in [-0.05, 0) is 41.8 Å². The zero-order valence-corrected chi connectivity index (χ0v) is 17.5. The molecule has 1 aromatic rings. The molecule has 1 N–H and O–H groups in total. The van der Waals surface area contributed by atoms with Gasteiger partial charge in [0.15, 0.2) is 0 Å². The van der Waals surface area contributed by atoms with Crippen molar-refractivity contribution >= 4 is 14.7 Å². The number of benzene rings is 1. The lowest BCUT2D eigenvalue weighted by Gasteiger charge is -2.28. The maximum absolute atomic E-state index is 9.98. The van der Waals surface area contributed by atoms with E-state index in [2.05, 4.69) is 39.0 Å². The third-order valence-electron chi connectivity index (χ3n) is 5.52. The molecule has 2 rings (SSSR count). The first-order valence-corrected chi connectivity index (χ1v) is 11.2. The second-order valence-electron chi connectivity index (χ2n) is 8.39. The molecule has 0 bridgehead atoms. The van der Waals surface area contributed by atoms with E-state index in [1.807, 2.05) is 0 Å². The van der Waals surface area contributed by atoms with Crippen molar-refractivity contribution in [2.75, 3.05) is 7.11 Å². The van der Waals surface area contributed by atoms with Gasteiger partial charge in [-0.2, -0.15) is 0 Å². The van der Waals surface area contributed by atoms with Crippen molar-refractivity contribution in [3.8, 4) is 5.75 Å². The van der Waals surface area contributed by atoms with Crippen LogP contribution in [-0.2, 0) is 0 Å². The van der Waals surface area contributed by atoms with E-state index in [-0.39, 0.29) is 15.6 Å². The summed E-state index contributed by atoms with van der Waals surface area (Å²) >= 11 is 0. The minimum Gasteiger partial charge on any atom is -0.496 e. The Morgan fingerprint density at radius 1 is 1.25 bits per heavy atom. The van der Waals surface area contributed by atoms with Crippen molar-refractivity contribution in [1.29, 1.82) is 0 Å². The quantitative estimate of drug-likeness (QED) is 0.561. The summed E-state index contributed by atoms with van der Waals surface area (Å²) in [4.78, 5) is 0. The average Bonchev–Trinajstić information content (AvgIpc) is 2.54. The number of unbranched alkanes of at least 4 members (excludes halogenated alkanes) is 2. The van der Waals surface area contributed by atoms with Gasteiger partial charge in [-0.3, -0.25) is 0 Å². The highest BCUT2D eigenvalue weighted by Crippen LogP contribution is 2.37. The highest BCUT2D eigenvalue weighted by Gasteiger charge is 2.25. The van der Waals surface area contributed by atoms with E-state index >= 15 is 0 Å². The molecule has 2 atom stereocenters. The summed E-state index contributed by atoms with van der Waals surface area (Å²) in [6, 6.07) is 6.92. The van der Waals surface area contributed by atoms with Crippen molar-refractivity contribution < 1.29 is 9.84 Å². The third-order valence-corrected chi connectivity index (χ3v) is 7.68. The van der Waals surface area contributed by atoms with Crippen LogP contribution in [0, 0.1) is 0 Å². The Bertz CT molecular complexity index is 513. The summed E-state index contributed by atoms with van der Waals surface area (Å²) in [7, 11) is 1.46. The van der Waals surface area contributed by atoms with Crippen LogP contribution in [0.15, 0.2) is 18.2 Å². The molecule has 1 aliphatic carbocycles. The molecule has 1 aromatic carbocycles. The molecule has 2 unspecified atom stereocenters. The maximum Gasteiger partial charge on any atom is 0.122 e. The number of hydrogen-bond donors (Lipinski definition) is 1. The van der Waals surface area contributed by atoms with E-state index in [9.17, 15) is 5.11 Å². The molecule has 24 heavy (non-hydrogen) atoms. The van der Waals surface area contributed by atoms with Crippen molar-refractivity contribution in [2.24, 2.45) is 0 Å². The highest BCUT2D eigenvalue weighted by molar-refractivity contribution is 6.56. The first kappa shape index (κ1) is 19.5. The Kier molecular flexibility index (Phi) is 7.36. The molecule has 2 nitrogen and oxygen atoms in total. The molecular weight excluding hydrogens is 312 g/mol. The fraction of sp³-hybridized carbons (Fsp3) is 0.714. The van der Waals surface area contributed by atoms with Gasteiger partial charge in [0, 0.05) is 0 Å². The van der Waals surface area contributed by atoms with Gasteiger partial charge in [-0.1, -0.05) is 70.2 Å². The van der Waals surface area contributed by atoms with E-state index in [0.717, 1.165) is 25.0 Å². The summed E-state index contributed by atoms with van der Waals surface area (Å²) < 4.78 is 5.73. The number of aliphatic hydroxyl groups is 1. The van der Waals surface area contributed by atoms with E-state index in [0.29, 0.717) is 11.0 Å². The Morgan fingerprint density at radius 2 is 2.04 bits per heavy atom. The molecule has 0 spiro atoms. The van der Waals surface area contributed by atoms with E-state index < -0.39 is 0 Å². The van der Waals surface area contributed by atoms with Crippen molar-refractivity contribution in [3.63, 3.8) is 0 Å². The molecular formula is C21H36O2Si. The van der Waals surface area contributed by atoms with Crippen LogP contribution in [0.5, 0.6) is 5.75 Å². The SMILES string of the molecule is CCCCCC(C)(C)[SiH2]c1ccc(C2CCCC(O)C2)c(OC)c1. The molecule has 0 amide bonds. The lowest BCUT2D eigenvalue weighted by molar-refractivity contribution is 0.119. The van der Waals surface area contributed by atoms with E-state index in [4.69, 9.17) is 4.74 Å². The molecule has 0 saturated heterocycles. The largest absolute Gasteiger partial charge is 0.496 e. The number of ether oxygens (including phenoxy) is 1. The van der Waals surface area contributed by atoms with Crippen LogP contribution < -0.4 is 9.92 Å². The van der Waals surface area contributed by atoms with Gasteiger partial charge in [-0.25, -0.2) is 0 Å². The minimum absolute atomic E-state index is 0.139. The molecule has 1 saturated carbocycles. The maximum atomic E-state index is 9.98. The number of hydrogen-bond acceptors (Lipinski definition) is 2. The molecule has 1 aliphatic rings. The minimum atomic E-state index is -0.326. The normalized spacial score (nSPS) is 22.2. The van der Waals surface area contributed by atoms with Crippen molar-refractivity contribution in [2.45, 2.75) is 89.2 Å². The molecule has 0 aliphatic heterocycles. The van der Waals surface area contributed by atoms with Gasteiger partial charge in [-0.15, -0.1) is 0 Å².